The van der Waals surface area contributed by atoms with E-state index in [1.165, 1.54) is 25.0 Å². The van der Waals surface area contributed by atoms with E-state index in [4.69, 9.17) is 5.73 Å². The molecule has 0 saturated heterocycles. The van der Waals surface area contributed by atoms with Gasteiger partial charge in [0.2, 0.25) is 5.91 Å². The molecule has 10 nitrogen and oxygen atoms in total. The van der Waals surface area contributed by atoms with Crippen molar-refractivity contribution in [3.8, 4) is 0 Å². The minimum Gasteiger partial charge on any atom is -0.481 e. The van der Waals surface area contributed by atoms with Crippen molar-refractivity contribution < 1.29 is 24.6 Å². The third kappa shape index (κ3) is 3.18. The minimum atomic E-state index is -1.63. The Hall–Kier alpha value is -1.85. The van der Waals surface area contributed by atoms with Gasteiger partial charge >= 0.3 is 11.9 Å². The van der Waals surface area contributed by atoms with Crippen molar-refractivity contribution in [1.29, 1.82) is 0 Å². The number of amides is 1. The molecular formula is C13H18ClN5O5S. The van der Waals surface area contributed by atoms with Gasteiger partial charge in [-0.2, -0.15) is 5.10 Å². The number of nitrogens with two attached hydrogens (primary N) is 1. The van der Waals surface area contributed by atoms with Crippen LogP contribution in [0.25, 0.3) is 0 Å². The summed E-state index contributed by atoms with van der Waals surface area (Å²) in [5.74, 6) is -4.76. The highest BCUT2D eigenvalue weighted by Gasteiger charge is 2.75. The molecule has 1 heterocycles. The van der Waals surface area contributed by atoms with Crippen LogP contribution in [0.4, 0.5) is 0 Å². The van der Waals surface area contributed by atoms with Gasteiger partial charge in [-0.15, -0.1) is 12.4 Å². The molecule has 2 aliphatic carbocycles. The second-order valence-corrected chi connectivity index (χ2v) is 7.40. The molecule has 1 amide bonds. The van der Waals surface area contributed by atoms with Crippen molar-refractivity contribution in [3.63, 3.8) is 0 Å². The van der Waals surface area contributed by atoms with Crippen LogP contribution in [0.3, 0.4) is 0 Å². The van der Waals surface area contributed by atoms with Gasteiger partial charge in [-0.05, 0) is 19.3 Å². The van der Waals surface area contributed by atoms with Gasteiger partial charge in [0.05, 0.1) is 12.0 Å². The van der Waals surface area contributed by atoms with E-state index in [9.17, 15) is 24.6 Å². The summed E-state index contributed by atoms with van der Waals surface area (Å²) in [6.07, 6.45) is 1.42. The second kappa shape index (κ2) is 6.81. The summed E-state index contributed by atoms with van der Waals surface area (Å²) >= 11 is 1.25. The number of rotatable bonds is 6. The number of carbonyl (C=O) groups excluding carboxylic acids is 1. The first-order valence-corrected chi connectivity index (χ1v) is 8.21. The molecule has 6 atom stereocenters. The maximum absolute atomic E-state index is 12.0. The van der Waals surface area contributed by atoms with E-state index in [2.05, 4.69) is 20.5 Å². The van der Waals surface area contributed by atoms with Gasteiger partial charge in [0.25, 0.3) is 0 Å². The van der Waals surface area contributed by atoms with Gasteiger partial charge in [-0.3, -0.25) is 14.7 Å². The van der Waals surface area contributed by atoms with Gasteiger partial charge in [0.1, 0.15) is 11.9 Å². The summed E-state index contributed by atoms with van der Waals surface area (Å²) in [5, 5.41) is 28.2. The fourth-order valence-corrected chi connectivity index (χ4v) is 4.95. The number of hydrogen-bond donors (Lipinski definition) is 5. The van der Waals surface area contributed by atoms with Crippen LogP contribution in [0.2, 0.25) is 0 Å². The van der Waals surface area contributed by atoms with Gasteiger partial charge in [0.15, 0.2) is 5.16 Å². The average Bonchev–Trinajstić information content (AvgIpc) is 2.90. The number of carboxylic acid groups (broad SMARTS) is 2. The molecule has 25 heavy (non-hydrogen) atoms. The number of nitrogens with zero attached hydrogens (tertiary/aromatic N) is 2. The van der Waals surface area contributed by atoms with E-state index < -0.39 is 41.3 Å². The molecule has 0 unspecified atom stereocenters. The molecule has 1 aromatic heterocycles. The van der Waals surface area contributed by atoms with Crippen molar-refractivity contribution in [2.75, 3.05) is 0 Å². The number of aromatic amines is 1. The molecule has 2 fully saturated rings. The fraction of sp³-hybridized carbons (Fsp3) is 0.615. The molecule has 0 bridgehead atoms. The Morgan fingerprint density at radius 3 is 2.64 bits per heavy atom. The SMILES string of the molecule is C[C@H](N)C(=O)N[C@@]1(C(=O)O)C[C@H](Sc2ncn[nH]2)[C@H]2[C@H](C(=O)O)[C@H]21.Cl. The van der Waals surface area contributed by atoms with E-state index in [-0.39, 0.29) is 30.0 Å². The molecule has 0 aliphatic heterocycles. The minimum absolute atomic E-state index is 0. The Morgan fingerprint density at radius 2 is 2.16 bits per heavy atom. The number of H-pyrrole nitrogens is 1. The number of aromatic nitrogens is 3. The van der Waals surface area contributed by atoms with Gasteiger partial charge in [0, 0.05) is 11.2 Å². The van der Waals surface area contributed by atoms with E-state index in [1.54, 1.807) is 0 Å². The first-order valence-electron chi connectivity index (χ1n) is 7.33. The zero-order valence-electron chi connectivity index (χ0n) is 13.1. The second-order valence-electron chi connectivity index (χ2n) is 6.17. The number of aliphatic carboxylic acids is 2. The molecule has 6 N–H and O–H groups in total. The lowest BCUT2D eigenvalue weighted by Crippen LogP contribution is -2.59. The monoisotopic (exact) mass is 391 g/mol. The predicted octanol–water partition coefficient (Wildman–Crippen LogP) is -0.675. The third-order valence-corrected chi connectivity index (χ3v) is 5.88. The summed E-state index contributed by atoms with van der Waals surface area (Å²) < 4.78 is 0. The zero-order chi connectivity index (χ0) is 17.6. The van der Waals surface area contributed by atoms with Crippen molar-refractivity contribution in [3.05, 3.63) is 6.33 Å². The lowest BCUT2D eigenvalue weighted by Gasteiger charge is -2.30. The Morgan fingerprint density at radius 1 is 1.48 bits per heavy atom. The van der Waals surface area contributed by atoms with E-state index in [0.717, 1.165) is 0 Å². The molecule has 0 radical (unpaired) electrons. The molecule has 2 aliphatic rings. The molecule has 138 valence electrons. The Balaban J connectivity index is 0.00000225. The highest BCUT2D eigenvalue weighted by atomic mass is 35.5. The molecule has 12 heteroatoms. The van der Waals surface area contributed by atoms with Gasteiger partial charge in [-0.1, -0.05) is 11.8 Å². The average molecular weight is 392 g/mol. The summed E-state index contributed by atoms with van der Waals surface area (Å²) in [6.45, 7) is 1.44. The van der Waals surface area contributed by atoms with Gasteiger partial charge < -0.3 is 21.3 Å². The van der Waals surface area contributed by atoms with E-state index >= 15 is 0 Å². The fourth-order valence-electron chi connectivity index (χ4n) is 3.61. The Labute approximate surface area is 152 Å². The van der Waals surface area contributed by atoms with Crippen LogP contribution in [0.15, 0.2) is 11.5 Å². The van der Waals surface area contributed by atoms with Crippen molar-refractivity contribution >= 4 is 42.0 Å². The van der Waals surface area contributed by atoms with E-state index in [1.807, 2.05) is 0 Å². The lowest BCUT2D eigenvalue weighted by molar-refractivity contribution is -0.149. The number of thioether (sulfide) groups is 1. The van der Waals surface area contributed by atoms with Crippen LogP contribution in [-0.2, 0) is 14.4 Å². The lowest BCUT2D eigenvalue weighted by atomic mass is 9.89. The van der Waals surface area contributed by atoms with Gasteiger partial charge in [-0.25, -0.2) is 9.78 Å². The number of carbonyl (C=O) groups is 3. The summed E-state index contributed by atoms with van der Waals surface area (Å²) in [6, 6.07) is -0.886. The number of halogens is 1. The highest BCUT2D eigenvalue weighted by Crippen LogP contribution is 2.65. The van der Waals surface area contributed by atoms with E-state index in [0.29, 0.717) is 5.16 Å². The van der Waals surface area contributed by atoms with Crippen LogP contribution in [0.5, 0.6) is 0 Å². The van der Waals surface area contributed by atoms with Crippen LogP contribution >= 0.6 is 24.2 Å². The van der Waals surface area contributed by atoms with Crippen LogP contribution in [-0.4, -0.2) is 60.1 Å². The smallest absolute Gasteiger partial charge is 0.329 e. The Kier molecular flexibility index (Phi) is 5.30. The molecule has 3 rings (SSSR count). The molecular weight excluding hydrogens is 374 g/mol. The predicted molar refractivity (Wildman–Crippen MR) is 88.2 cm³/mol. The van der Waals surface area contributed by atoms with Crippen molar-refractivity contribution in [1.82, 2.24) is 20.5 Å². The summed E-state index contributed by atoms with van der Waals surface area (Å²) in [5.41, 5.74) is 3.89. The largest absolute Gasteiger partial charge is 0.481 e. The molecule has 1 aromatic rings. The third-order valence-electron chi connectivity index (χ3n) is 4.68. The highest BCUT2D eigenvalue weighted by molar-refractivity contribution is 7.99. The topological polar surface area (TPSA) is 171 Å². The standard InChI is InChI=1S/C13H17N5O5S.ClH/c1-4(14)9(19)17-13(11(22)23)2-5(24-12-15-3-16-18-12)6-7(8(6)13)10(20)21;/h3-8H,2,14H2,1H3,(H,17,19)(H,20,21)(H,22,23)(H,15,16,18);1H/t4-,5-,6-,7-,8-,13-;/m0./s1. The first kappa shape index (κ1) is 19.5. The van der Waals surface area contributed by atoms with Crippen molar-refractivity contribution in [2.45, 2.75) is 35.3 Å². The maximum atomic E-state index is 12.0. The van der Waals surface area contributed by atoms with Crippen molar-refractivity contribution in [2.24, 2.45) is 23.5 Å². The molecule has 0 spiro atoms. The quantitative estimate of drug-likeness (QED) is 0.421. The number of carboxylic acids is 2. The molecule has 0 aromatic carbocycles. The number of fused-ring (bicyclic) bond motifs is 1. The van der Waals surface area contributed by atoms with Crippen LogP contribution in [0.1, 0.15) is 13.3 Å². The molecule has 2 saturated carbocycles. The normalized spacial score (nSPS) is 33.7. The maximum Gasteiger partial charge on any atom is 0.329 e. The first-order chi connectivity index (χ1) is 11.3. The summed E-state index contributed by atoms with van der Waals surface area (Å²) in [4.78, 5) is 39.4. The summed E-state index contributed by atoms with van der Waals surface area (Å²) in [7, 11) is 0. The number of hydrogen-bond acceptors (Lipinski definition) is 7. The zero-order valence-corrected chi connectivity index (χ0v) is 14.7. The van der Waals surface area contributed by atoms with Crippen LogP contribution in [0, 0.1) is 17.8 Å². The Bertz CT molecular complexity index is 686. The number of nitrogens with one attached hydrogen (secondary N) is 2. The van der Waals surface area contributed by atoms with Crippen LogP contribution < -0.4 is 11.1 Å².